The number of rotatable bonds is 12. The molecule has 0 aliphatic rings. The molecule has 180 valence electrons. The molecule has 0 saturated carbocycles. The standard InChI is InChI=1S/C26H29NO7/c1-17(2)26(28)34-18(3)32-11-12-33-23-9-7-19(14-24(23)30-5)13-21(16-27)20-8-10-22(29-4)25(15-20)31-6/h7-10,13-15,18H,1,11-12H2,2-6H3. The third-order valence-corrected chi connectivity index (χ3v) is 4.63. The molecule has 0 heterocycles. The van der Waals surface area contributed by atoms with Gasteiger partial charge in [-0.1, -0.05) is 12.6 Å². The smallest absolute Gasteiger partial charge is 0.335 e. The second-order valence-electron chi connectivity index (χ2n) is 7.12. The Hall–Kier alpha value is -3.96. The molecular formula is C26H29NO7. The van der Waals surface area contributed by atoms with Crippen molar-refractivity contribution in [3.63, 3.8) is 0 Å². The number of methoxy groups -OCH3 is 3. The molecule has 2 aromatic carbocycles. The molecule has 0 aromatic heterocycles. The van der Waals surface area contributed by atoms with Gasteiger partial charge in [-0.05, 0) is 61.4 Å². The fourth-order valence-corrected chi connectivity index (χ4v) is 2.89. The molecule has 0 spiro atoms. The van der Waals surface area contributed by atoms with Crippen LogP contribution in [0.25, 0.3) is 11.6 Å². The van der Waals surface area contributed by atoms with Gasteiger partial charge < -0.3 is 28.4 Å². The van der Waals surface area contributed by atoms with Crippen LogP contribution in [-0.4, -0.2) is 46.8 Å². The number of ether oxygens (including phenoxy) is 6. The SMILES string of the molecule is C=C(C)C(=O)OC(C)OCCOc1ccc(C=C(C#N)c2ccc(OC)c(OC)c2)cc1OC. The van der Waals surface area contributed by atoms with Crippen molar-refractivity contribution in [1.29, 1.82) is 5.26 Å². The van der Waals surface area contributed by atoms with E-state index in [1.165, 1.54) is 7.11 Å². The summed E-state index contributed by atoms with van der Waals surface area (Å²) in [4.78, 5) is 11.5. The lowest BCUT2D eigenvalue weighted by Crippen LogP contribution is -2.21. The first-order valence-electron chi connectivity index (χ1n) is 10.5. The van der Waals surface area contributed by atoms with Crippen molar-refractivity contribution in [3.8, 4) is 29.1 Å². The van der Waals surface area contributed by atoms with E-state index in [1.807, 2.05) is 6.07 Å². The zero-order chi connectivity index (χ0) is 25.1. The zero-order valence-electron chi connectivity index (χ0n) is 20.0. The minimum Gasteiger partial charge on any atom is -0.493 e. The number of benzene rings is 2. The summed E-state index contributed by atoms with van der Waals surface area (Å²) in [5.41, 5.74) is 2.20. The van der Waals surface area contributed by atoms with Gasteiger partial charge in [0.1, 0.15) is 6.61 Å². The van der Waals surface area contributed by atoms with E-state index in [0.29, 0.717) is 39.7 Å². The summed E-state index contributed by atoms with van der Waals surface area (Å²) >= 11 is 0. The first-order valence-corrected chi connectivity index (χ1v) is 10.5. The molecule has 2 aromatic rings. The molecular weight excluding hydrogens is 438 g/mol. The van der Waals surface area contributed by atoms with Crippen LogP contribution >= 0.6 is 0 Å². The predicted molar refractivity (Wildman–Crippen MR) is 128 cm³/mol. The van der Waals surface area contributed by atoms with E-state index >= 15 is 0 Å². The van der Waals surface area contributed by atoms with Gasteiger partial charge in [0.15, 0.2) is 23.0 Å². The molecule has 0 saturated heterocycles. The van der Waals surface area contributed by atoms with Gasteiger partial charge in [-0.25, -0.2) is 4.79 Å². The maximum atomic E-state index is 11.5. The van der Waals surface area contributed by atoms with Gasteiger partial charge >= 0.3 is 5.97 Å². The van der Waals surface area contributed by atoms with Crippen LogP contribution in [0.5, 0.6) is 23.0 Å². The number of nitrogens with zero attached hydrogens (tertiary/aromatic N) is 1. The van der Waals surface area contributed by atoms with Gasteiger partial charge in [0, 0.05) is 5.57 Å². The Bertz CT molecular complexity index is 1090. The van der Waals surface area contributed by atoms with Gasteiger partial charge in [-0.15, -0.1) is 0 Å². The van der Waals surface area contributed by atoms with Crippen LogP contribution in [-0.2, 0) is 14.3 Å². The molecule has 0 amide bonds. The summed E-state index contributed by atoms with van der Waals surface area (Å²) in [7, 11) is 4.63. The van der Waals surface area contributed by atoms with E-state index < -0.39 is 12.3 Å². The van der Waals surface area contributed by atoms with Gasteiger partial charge in [-0.3, -0.25) is 0 Å². The fourth-order valence-electron chi connectivity index (χ4n) is 2.89. The predicted octanol–water partition coefficient (Wildman–Crippen LogP) is 4.64. The average molecular weight is 468 g/mol. The number of carbonyl (C=O) groups is 1. The highest BCUT2D eigenvalue weighted by molar-refractivity contribution is 5.90. The molecule has 34 heavy (non-hydrogen) atoms. The quantitative estimate of drug-likeness (QED) is 0.111. The first-order chi connectivity index (χ1) is 16.3. The summed E-state index contributed by atoms with van der Waals surface area (Å²) in [6, 6.07) is 12.8. The molecule has 0 aliphatic heterocycles. The monoisotopic (exact) mass is 467 g/mol. The second kappa shape index (κ2) is 12.9. The maximum absolute atomic E-state index is 11.5. The Morgan fingerprint density at radius 3 is 2.26 bits per heavy atom. The molecule has 0 bridgehead atoms. The van der Waals surface area contributed by atoms with Crippen molar-refractivity contribution >= 4 is 17.6 Å². The van der Waals surface area contributed by atoms with Crippen LogP contribution in [0, 0.1) is 11.3 Å². The normalized spacial score (nSPS) is 11.7. The molecule has 0 radical (unpaired) electrons. The number of hydrogen-bond acceptors (Lipinski definition) is 8. The second-order valence-corrected chi connectivity index (χ2v) is 7.12. The molecule has 2 rings (SSSR count). The Kier molecular flexibility index (Phi) is 9.99. The number of hydrogen-bond donors (Lipinski definition) is 0. The third-order valence-electron chi connectivity index (χ3n) is 4.63. The number of esters is 1. The van der Waals surface area contributed by atoms with Crippen molar-refractivity contribution in [1.82, 2.24) is 0 Å². The van der Waals surface area contributed by atoms with Crippen LogP contribution in [0.15, 0.2) is 48.6 Å². The van der Waals surface area contributed by atoms with Crippen molar-refractivity contribution < 1.29 is 33.2 Å². The fraction of sp³-hybridized carbons (Fsp3) is 0.308. The van der Waals surface area contributed by atoms with Crippen LogP contribution in [0.3, 0.4) is 0 Å². The third kappa shape index (κ3) is 7.29. The number of nitriles is 1. The Morgan fingerprint density at radius 2 is 1.65 bits per heavy atom. The zero-order valence-corrected chi connectivity index (χ0v) is 20.0. The van der Waals surface area contributed by atoms with Crippen LogP contribution < -0.4 is 18.9 Å². The summed E-state index contributed by atoms with van der Waals surface area (Å²) in [6.45, 7) is 7.13. The maximum Gasteiger partial charge on any atom is 0.335 e. The Labute approximate surface area is 199 Å². The molecule has 1 unspecified atom stereocenters. The highest BCUT2D eigenvalue weighted by Crippen LogP contribution is 2.33. The lowest BCUT2D eigenvalue weighted by atomic mass is 10.0. The van der Waals surface area contributed by atoms with Crippen LogP contribution in [0.1, 0.15) is 25.0 Å². The molecule has 0 N–H and O–H groups in total. The summed E-state index contributed by atoms with van der Waals surface area (Å²) < 4.78 is 32.2. The molecule has 1 atom stereocenters. The summed E-state index contributed by atoms with van der Waals surface area (Å²) in [6.07, 6.45) is 1.03. The van der Waals surface area contributed by atoms with Crippen molar-refractivity contribution in [2.75, 3.05) is 34.5 Å². The van der Waals surface area contributed by atoms with E-state index in [4.69, 9.17) is 28.4 Å². The largest absolute Gasteiger partial charge is 0.493 e. The average Bonchev–Trinajstić information content (AvgIpc) is 2.84. The van der Waals surface area contributed by atoms with E-state index in [9.17, 15) is 10.1 Å². The minimum absolute atomic E-state index is 0.202. The summed E-state index contributed by atoms with van der Waals surface area (Å²) in [5.74, 6) is 1.62. The number of allylic oxidation sites excluding steroid dienone is 1. The molecule has 0 fully saturated rings. The highest BCUT2D eigenvalue weighted by Gasteiger charge is 2.12. The van der Waals surface area contributed by atoms with Gasteiger partial charge in [0.05, 0.1) is 39.6 Å². The Balaban J connectivity index is 2.07. The van der Waals surface area contributed by atoms with E-state index in [1.54, 1.807) is 64.5 Å². The van der Waals surface area contributed by atoms with Crippen molar-refractivity contribution in [3.05, 3.63) is 59.7 Å². The lowest BCUT2D eigenvalue weighted by Gasteiger charge is -2.15. The van der Waals surface area contributed by atoms with Gasteiger partial charge in [0.25, 0.3) is 0 Å². The van der Waals surface area contributed by atoms with Crippen LogP contribution in [0.2, 0.25) is 0 Å². The van der Waals surface area contributed by atoms with E-state index in [2.05, 4.69) is 12.6 Å². The highest BCUT2D eigenvalue weighted by atomic mass is 16.7. The summed E-state index contributed by atoms with van der Waals surface area (Å²) in [5, 5.41) is 9.69. The van der Waals surface area contributed by atoms with E-state index in [-0.39, 0.29) is 13.2 Å². The van der Waals surface area contributed by atoms with Gasteiger partial charge in [0.2, 0.25) is 6.29 Å². The number of carbonyl (C=O) groups excluding carboxylic acids is 1. The van der Waals surface area contributed by atoms with Crippen molar-refractivity contribution in [2.24, 2.45) is 0 Å². The van der Waals surface area contributed by atoms with Crippen LogP contribution in [0.4, 0.5) is 0 Å². The minimum atomic E-state index is -0.719. The molecule has 8 heteroatoms. The molecule has 8 nitrogen and oxygen atoms in total. The Morgan fingerprint density at radius 1 is 1.00 bits per heavy atom. The first kappa shape index (κ1) is 26.3. The van der Waals surface area contributed by atoms with E-state index in [0.717, 1.165) is 5.56 Å². The van der Waals surface area contributed by atoms with Gasteiger partial charge in [-0.2, -0.15) is 5.26 Å². The van der Waals surface area contributed by atoms with Crippen molar-refractivity contribution in [2.45, 2.75) is 20.1 Å². The molecule has 0 aliphatic carbocycles. The topological polar surface area (TPSA) is 96.2 Å². The lowest BCUT2D eigenvalue weighted by molar-refractivity contribution is -0.171.